The van der Waals surface area contributed by atoms with Crippen molar-refractivity contribution in [2.45, 2.75) is 45.1 Å². The first kappa shape index (κ1) is 17.1. The van der Waals surface area contributed by atoms with Gasteiger partial charge in [0.1, 0.15) is 11.5 Å². The molecule has 1 unspecified atom stereocenters. The topological polar surface area (TPSA) is 49.9 Å². The Morgan fingerprint density at radius 1 is 1.04 bits per heavy atom. The quantitative estimate of drug-likeness (QED) is 0.780. The summed E-state index contributed by atoms with van der Waals surface area (Å²) in [4.78, 5) is 33.2. The average molecular weight is 330 g/mol. The van der Waals surface area contributed by atoms with Gasteiger partial charge in [0.05, 0.1) is 7.11 Å². The SMILES string of the molecule is CON1CCC2(CC1)C(=O)C(c1cc(C)c(C)cc1C)C(=O)N2C. The van der Waals surface area contributed by atoms with Gasteiger partial charge in [-0.2, -0.15) is 5.06 Å². The van der Waals surface area contributed by atoms with E-state index in [2.05, 4.69) is 13.0 Å². The van der Waals surface area contributed by atoms with E-state index in [0.717, 1.165) is 16.7 Å². The van der Waals surface area contributed by atoms with Gasteiger partial charge in [-0.15, -0.1) is 0 Å². The van der Waals surface area contributed by atoms with E-state index in [-0.39, 0.29) is 11.7 Å². The Kier molecular flexibility index (Phi) is 4.26. The van der Waals surface area contributed by atoms with Crippen molar-refractivity contribution in [2.75, 3.05) is 27.2 Å². The van der Waals surface area contributed by atoms with Crippen molar-refractivity contribution in [3.05, 3.63) is 34.4 Å². The highest BCUT2D eigenvalue weighted by atomic mass is 16.7. The zero-order valence-electron chi connectivity index (χ0n) is 15.2. The zero-order chi connectivity index (χ0) is 17.6. The molecule has 0 radical (unpaired) electrons. The number of likely N-dealkylation sites (N-methyl/N-ethyl adjacent to an activating group) is 1. The van der Waals surface area contributed by atoms with Crippen LogP contribution in [0.4, 0.5) is 0 Å². The molecular formula is C19H26N2O3. The third-order valence-corrected chi connectivity index (χ3v) is 5.94. The van der Waals surface area contributed by atoms with Crippen molar-refractivity contribution < 1.29 is 14.4 Å². The molecule has 5 heteroatoms. The monoisotopic (exact) mass is 330 g/mol. The number of benzene rings is 1. The second-order valence-corrected chi connectivity index (χ2v) is 7.13. The van der Waals surface area contributed by atoms with Crippen LogP contribution < -0.4 is 0 Å². The second kappa shape index (κ2) is 5.97. The van der Waals surface area contributed by atoms with Gasteiger partial charge in [0, 0.05) is 20.1 Å². The molecule has 130 valence electrons. The number of ketones is 1. The van der Waals surface area contributed by atoms with Gasteiger partial charge < -0.3 is 9.74 Å². The third-order valence-electron chi connectivity index (χ3n) is 5.94. The number of likely N-dealkylation sites (tertiary alicyclic amines) is 1. The van der Waals surface area contributed by atoms with E-state index in [1.165, 1.54) is 5.56 Å². The van der Waals surface area contributed by atoms with Crippen LogP contribution in [0.2, 0.25) is 0 Å². The molecule has 2 fully saturated rings. The summed E-state index contributed by atoms with van der Waals surface area (Å²) in [6.45, 7) is 7.40. The number of amides is 1. The summed E-state index contributed by atoms with van der Waals surface area (Å²) in [7, 11) is 3.42. The van der Waals surface area contributed by atoms with Gasteiger partial charge in [0.25, 0.3) is 0 Å². The summed E-state index contributed by atoms with van der Waals surface area (Å²) in [5, 5.41) is 1.85. The molecular weight excluding hydrogens is 304 g/mol. The molecule has 1 aromatic rings. The van der Waals surface area contributed by atoms with Crippen LogP contribution >= 0.6 is 0 Å². The Bertz CT molecular complexity index is 690. The molecule has 1 spiro atoms. The van der Waals surface area contributed by atoms with Crippen LogP contribution in [-0.2, 0) is 14.4 Å². The van der Waals surface area contributed by atoms with E-state index in [4.69, 9.17) is 4.84 Å². The number of carbonyl (C=O) groups is 2. The summed E-state index contributed by atoms with van der Waals surface area (Å²) in [5.74, 6) is -0.683. The predicted octanol–water partition coefficient (Wildman–Crippen LogP) is 2.13. The minimum Gasteiger partial charge on any atom is -0.332 e. The molecule has 3 rings (SSSR count). The van der Waals surface area contributed by atoms with Crippen LogP contribution in [0.5, 0.6) is 0 Å². The Balaban J connectivity index is 1.99. The largest absolute Gasteiger partial charge is 0.332 e. The fraction of sp³-hybridized carbons (Fsp3) is 0.579. The highest BCUT2D eigenvalue weighted by Gasteiger charge is 2.58. The first-order valence-electron chi connectivity index (χ1n) is 8.50. The molecule has 5 nitrogen and oxygen atoms in total. The number of Topliss-reactive ketones (excluding diaryl/α,β-unsaturated/α-hetero) is 1. The number of aryl methyl sites for hydroxylation is 3. The molecule has 0 bridgehead atoms. The first-order chi connectivity index (χ1) is 11.3. The lowest BCUT2D eigenvalue weighted by Gasteiger charge is -2.41. The van der Waals surface area contributed by atoms with Crippen molar-refractivity contribution in [3.63, 3.8) is 0 Å². The van der Waals surface area contributed by atoms with Crippen LogP contribution in [0, 0.1) is 20.8 Å². The molecule has 2 heterocycles. The highest BCUT2D eigenvalue weighted by Crippen LogP contribution is 2.43. The Morgan fingerprint density at radius 2 is 1.62 bits per heavy atom. The van der Waals surface area contributed by atoms with Crippen molar-refractivity contribution in [3.8, 4) is 0 Å². The summed E-state index contributed by atoms with van der Waals surface area (Å²) in [5.41, 5.74) is 3.51. The first-order valence-corrected chi connectivity index (χ1v) is 8.50. The van der Waals surface area contributed by atoms with Crippen LogP contribution in [0.25, 0.3) is 0 Å². The highest BCUT2D eigenvalue weighted by molar-refractivity contribution is 6.17. The van der Waals surface area contributed by atoms with E-state index < -0.39 is 11.5 Å². The van der Waals surface area contributed by atoms with Gasteiger partial charge in [-0.1, -0.05) is 12.1 Å². The summed E-state index contributed by atoms with van der Waals surface area (Å²) >= 11 is 0. The number of hydrogen-bond donors (Lipinski definition) is 0. The lowest BCUT2D eigenvalue weighted by atomic mass is 9.79. The van der Waals surface area contributed by atoms with Crippen LogP contribution in [0.3, 0.4) is 0 Å². The number of rotatable bonds is 2. The number of piperidine rings is 1. The van der Waals surface area contributed by atoms with Gasteiger partial charge >= 0.3 is 0 Å². The van der Waals surface area contributed by atoms with Gasteiger partial charge in [0.2, 0.25) is 5.91 Å². The summed E-state index contributed by atoms with van der Waals surface area (Å²) in [6, 6.07) is 4.09. The molecule has 0 aliphatic carbocycles. The van der Waals surface area contributed by atoms with Gasteiger partial charge in [-0.05, 0) is 55.9 Å². The number of nitrogens with zero attached hydrogens (tertiary/aromatic N) is 2. The van der Waals surface area contributed by atoms with Gasteiger partial charge in [-0.25, -0.2) is 0 Å². The van der Waals surface area contributed by atoms with Crippen LogP contribution in [0.15, 0.2) is 12.1 Å². The number of hydroxylamine groups is 2. The van der Waals surface area contributed by atoms with E-state index >= 15 is 0 Å². The molecule has 1 aromatic carbocycles. The molecule has 24 heavy (non-hydrogen) atoms. The van der Waals surface area contributed by atoms with Gasteiger partial charge in [-0.3, -0.25) is 9.59 Å². The Morgan fingerprint density at radius 3 is 2.21 bits per heavy atom. The van der Waals surface area contributed by atoms with E-state index in [9.17, 15) is 9.59 Å². The maximum absolute atomic E-state index is 13.3. The van der Waals surface area contributed by atoms with Crippen molar-refractivity contribution >= 4 is 11.7 Å². The molecule has 2 aliphatic heterocycles. The zero-order valence-corrected chi connectivity index (χ0v) is 15.2. The fourth-order valence-electron chi connectivity index (χ4n) is 4.14. The average Bonchev–Trinajstić information content (AvgIpc) is 2.74. The summed E-state index contributed by atoms with van der Waals surface area (Å²) < 4.78 is 0. The van der Waals surface area contributed by atoms with E-state index in [0.29, 0.717) is 25.9 Å². The fourth-order valence-corrected chi connectivity index (χ4v) is 4.14. The molecule has 0 N–H and O–H groups in total. The summed E-state index contributed by atoms with van der Waals surface area (Å²) in [6.07, 6.45) is 1.25. The molecule has 2 saturated heterocycles. The minimum absolute atomic E-state index is 0.0529. The molecule has 0 aromatic heterocycles. The van der Waals surface area contributed by atoms with E-state index in [1.54, 1.807) is 19.1 Å². The smallest absolute Gasteiger partial charge is 0.238 e. The van der Waals surface area contributed by atoms with Crippen molar-refractivity contribution in [1.82, 2.24) is 9.96 Å². The molecule has 2 aliphatic rings. The van der Waals surface area contributed by atoms with Crippen molar-refractivity contribution in [1.29, 1.82) is 0 Å². The van der Waals surface area contributed by atoms with Crippen LogP contribution in [0.1, 0.15) is 41.0 Å². The third kappa shape index (κ3) is 2.38. The standard InChI is InChI=1S/C19H26N2O3/c1-12-10-14(3)15(11-13(12)2)16-17(22)19(20(4)18(16)23)6-8-21(24-5)9-7-19/h10-11,16H,6-9H2,1-5H3. The molecule has 0 saturated carbocycles. The lowest BCUT2D eigenvalue weighted by molar-refractivity contribution is -0.165. The Hall–Kier alpha value is -1.72. The number of carbonyl (C=O) groups excluding carboxylic acids is 2. The lowest BCUT2D eigenvalue weighted by Crippen LogP contribution is -2.54. The minimum atomic E-state index is -0.679. The second-order valence-electron chi connectivity index (χ2n) is 7.13. The van der Waals surface area contributed by atoms with Crippen molar-refractivity contribution in [2.24, 2.45) is 0 Å². The van der Waals surface area contributed by atoms with Gasteiger partial charge in [0.15, 0.2) is 5.78 Å². The molecule has 1 atom stereocenters. The number of hydrogen-bond acceptors (Lipinski definition) is 4. The Labute approximate surface area is 143 Å². The van der Waals surface area contributed by atoms with Crippen LogP contribution in [-0.4, -0.2) is 54.4 Å². The van der Waals surface area contributed by atoms with E-state index in [1.807, 2.05) is 25.0 Å². The normalized spacial score (nSPS) is 24.2. The maximum Gasteiger partial charge on any atom is 0.238 e. The molecule has 1 amide bonds. The maximum atomic E-state index is 13.3. The predicted molar refractivity (Wildman–Crippen MR) is 91.7 cm³/mol.